The number of carbonyl (C=O) groups is 3. The summed E-state index contributed by atoms with van der Waals surface area (Å²) in [4.78, 5) is 35.9. The van der Waals surface area contributed by atoms with Gasteiger partial charge in [0, 0.05) is 16.8 Å². The van der Waals surface area contributed by atoms with Gasteiger partial charge < -0.3 is 15.7 Å². The van der Waals surface area contributed by atoms with Crippen molar-refractivity contribution in [1.82, 2.24) is 0 Å². The Morgan fingerprint density at radius 2 is 1.56 bits per heavy atom. The molecule has 136 valence electrons. The number of anilines is 2. The van der Waals surface area contributed by atoms with Gasteiger partial charge in [0.1, 0.15) is 0 Å². The van der Waals surface area contributed by atoms with Crippen molar-refractivity contribution in [3.63, 3.8) is 0 Å². The minimum Gasteiger partial charge on any atom is -0.481 e. The summed E-state index contributed by atoms with van der Waals surface area (Å²) in [5.41, 5.74) is 0.623. The molecule has 0 aliphatic heterocycles. The van der Waals surface area contributed by atoms with E-state index in [0.717, 1.165) is 12.8 Å². The molecule has 1 fully saturated rings. The normalized spacial score (nSPS) is 20.6. The first kappa shape index (κ1) is 19.0. The van der Waals surface area contributed by atoms with Crippen LogP contribution in [0.3, 0.4) is 0 Å². The summed E-state index contributed by atoms with van der Waals surface area (Å²) in [6.07, 6.45) is 2.83. The van der Waals surface area contributed by atoms with Crippen molar-refractivity contribution < 1.29 is 19.5 Å². The Morgan fingerprint density at radius 3 is 2.12 bits per heavy atom. The summed E-state index contributed by atoms with van der Waals surface area (Å²) in [5.74, 6) is -2.44. The van der Waals surface area contributed by atoms with Crippen LogP contribution in [0.1, 0.15) is 46.5 Å². The van der Waals surface area contributed by atoms with E-state index in [-0.39, 0.29) is 11.8 Å². The highest BCUT2D eigenvalue weighted by atomic mass is 16.4. The highest BCUT2D eigenvalue weighted by Gasteiger charge is 2.35. The molecule has 1 saturated carbocycles. The second-order valence-corrected chi connectivity index (χ2v) is 7.61. The van der Waals surface area contributed by atoms with Crippen molar-refractivity contribution in [1.29, 1.82) is 0 Å². The first-order valence-corrected chi connectivity index (χ1v) is 8.63. The number of carboxylic acid groups (broad SMARTS) is 1. The van der Waals surface area contributed by atoms with E-state index in [1.54, 1.807) is 24.3 Å². The van der Waals surface area contributed by atoms with Crippen molar-refractivity contribution in [3.8, 4) is 0 Å². The molecule has 0 bridgehead atoms. The Hall–Kier alpha value is -2.37. The molecule has 1 aromatic rings. The number of aliphatic carboxylic acids is 1. The number of rotatable bonds is 4. The third-order valence-electron chi connectivity index (χ3n) is 4.49. The van der Waals surface area contributed by atoms with E-state index < -0.39 is 23.2 Å². The van der Waals surface area contributed by atoms with Gasteiger partial charge in [0.2, 0.25) is 11.8 Å². The van der Waals surface area contributed by atoms with Crippen LogP contribution in [-0.2, 0) is 14.4 Å². The Morgan fingerprint density at radius 1 is 1.00 bits per heavy atom. The molecule has 0 radical (unpaired) electrons. The van der Waals surface area contributed by atoms with Gasteiger partial charge in [-0.2, -0.15) is 0 Å². The summed E-state index contributed by atoms with van der Waals surface area (Å²) in [6, 6.07) is 6.90. The van der Waals surface area contributed by atoms with Gasteiger partial charge in [-0.15, -0.1) is 0 Å². The fourth-order valence-electron chi connectivity index (χ4n) is 2.97. The van der Waals surface area contributed by atoms with Gasteiger partial charge in [0.25, 0.3) is 0 Å². The van der Waals surface area contributed by atoms with Crippen molar-refractivity contribution >= 4 is 29.2 Å². The van der Waals surface area contributed by atoms with E-state index in [1.807, 2.05) is 20.8 Å². The number of hydrogen-bond donors (Lipinski definition) is 3. The van der Waals surface area contributed by atoms with E-state index in [2.05, 4.69) is 10.6 Å². The van der Waals surface area contributed by atoms with E-state index in [0.29, 0.717) is 24.2 Å². The number of amides is 2. The Balaban J connectivity index is 2.07. The van der Waals surface area contributed by atoms with E-state index in [1.165, 1.54) is 0 Å². The lowest BCUT2D eigenvalue weighted by Crippen LogP contribution is -2.36. The van der Waals surface area contributed by atoms with Gasteiger partial charge in [-0.05, 0) is 31.0 Å². The fourth-order valence-corrected chi connectivity index (χ4v) is 2.97. The van der Waals surface area contributed by atoms with Gasteiger partial charge in [-0.1, -0.05) is 39.7 Å². The standard InChI is InChI=1S/C19H26N2O4/c1-19(2,3)18(25)21-13-8-6-7-12(11-13)20-16(22)14-9-4-5-10-15(14)17(23)24/h6-8,11,14-15H,4-5,9-10H2,1-3H3,(H,20,22)(H,21,25)(H,23,24)/t14-,15-/m0/s1. The number of benzene rings is 1. The number of nitrogens with one attached hydrogen (secondary N) is 2. The number of hydrogen-bond acceptors (Lipinski definition) is 3. The molecule has 1 aromatic carbocycles. The SMILES string of the molecule is CC(C)(C)C(=O)Nc1cccc(NC(=O)[C@H]2CCCC[C@@H]2C(=O)O)c1. The number of carboxylic acids is 1. The predicted molar refractivity (Wildman–Crippen MR) is 96.2 cm³/mol. The molecule has 2 atom stereocenters. The lowest BCUT2D eigenvalue weighted by Gasteiger charge is -2.27. The molecule has 0 spiro atoms. The summed E-state index contributed by atoms with van der Waals surface area (Å²) in [7, 11) is 0. The maximum atomic E-state index is 12.5. The molecule has 6 nitrogen and oxygen atoms in total. The zero-order chi connectivity index (χ0) is 18.6. The fraction of sp³-hybridized carbons (Fsp3) is 0.526. The molecule has 1 aliphatic carbocycles. The lowest BCUT2D eigenvalue weighted by atomic mass is 9.78. The molecular formula is C19H26N2O4. The van der Waals surface area contributed by atoms with Crippen LogP contribution in [-0.4, -0.2) is 22.9 Å². The van der Waals surface area contributed by atoms with Crippen LogP contribution in [0.4, 0.5) is 11.4 Å². The van der Waals surface area contributed by atoms with E-state index >= 15 is 0 Å². The topological polar surface area (TPSA) is 95.5 Å². The van der Waals surface area contributed by atoms with Crippen LogP contribution in [0.25, 0.3) is 0 Å². The van der Waals surface area contributed by atoms with Crippen molar-refractivity contribution in [2.45, 2.75) is 46.5 Å². The van der Waals surface area contributed by atoms with Crippen LogP contribution in [0.15, 0.2) is 24.3 Å². The first-order chi connectivity index (χ1) is 11.7. The van der Waals surface area contributed by atoms with Gasteiger partial charge in [-0.3, -0.25) is 14.4 Å². The predicted octanol–water partition coefficient (Wildman–Crippen LogP) is 3.50. The average molecular weight is 346 g/mol. The molecule has 0 unspecified atom stereocenters. The third-order valence-corrected chi connectivity index (χ3v) is 4.49. The Kier molecular flexibility index (Phi) is 5.82. The molecule has 2 rings (SSSR count). The largest absolute Gasteiger partial charge is 0.481 e. The summed E-state index contributed by atoms with van der Waals surface area (Å²) >= 11 is 0. The second-order valence-electron chi connectivity index (χ2n) is 7.61. The summed E-state index contributed by atoms with van der Waals surface area (Å²) < 4.78 is 0. The molecule has 3 N–H and O–H groups in total. The average Bonchev–Trinajstić information content (AvgIpc) is 2.54. The smallest absolute Gasteiger partial charge is 0.307 e. The van der Waals surface area contributed by atoms with Crippen LogP contribution in [0.5, 0.6) is 0 Å². The monoisotopic (exact) mass is 346 g/mol. The van der Waals surface area contributed by atoms with Crippen LogP contribution in [0, 0.1) is 17.3 Å². The molecule has 25 heavy (non-hydrogen) atoms. The Labute approximate surface area is 148 Å². The molecular weight excluding hydrogens is 320 g/mol. The minimum absolute atomic E-state index is 0.116. The lowest BCUT2D eigenvalue weighted by molar-refractivity contribution is -0.147. The van der Waals surface area contributed by atoms with Gasteiger partial charge in [0.05, 0.1) is 11.8 Å². The van der Waals surface area contributed by atoms with E-state index in [4.69, 9.17) is 0 Å². The zero-order valence-corrected chi connectivity index (χ0v) is 15.0. The number of carbonyl (C=O) groups excluding carboxylic acids is 2. The summed E-state index contributed by atoms with van der Waals surface area (Å²) in [6.45, 7) is 5.47. The van der Waals surface area contributed by atoms with Crippen LogP contribution in [0.2, 0.25) is 0 Å². The van der Waals surface area contributed by atoms with Crippen molar-refractivity contribution in [2.75, 3.05) is 10.6 Å². The highest BCUT2D eigenvalue weighted by Crippen LogP contribution is 2.31. The van der Waals surface area contributed by atoms with Gasteiger partial charge in [0.15, 0.2) is 0 Å². The second kappa shape index (κ2) is 7.68. The van der Waals surface area contributed by atoms with Gasteiger partial charge in [-0.25, -0.2) is 0 Å². The third kappa shape index (κ3) is 5.05. The maximum Gasteiger partial charge on any atom is 0.307 e. The maximum absolute atomic E-state index is 12.5. The molecule has 2 amide bonds. The van der Waals surface area contributed by atoms with Crippen LogP contribution >= 0.6 is 0 Å². The van der Waals surface area contributed by atoms with Crippen molar-refractivity contribution in [3.05, 3.63) is 24.3 Å². The van der Waals surface area contributed by atoms with Crippen LogP contribution < -0.4 is 10.6 Å². The molecule has 1 aliphatic rings. The molecule has 6 heteroatoms. The molecule has 0 saturated heterocycles. The minimum atomic E-state index is -0.911. The van der Waals surface area contributed by atoms with Gasteiger partial charge >= 0.3 is 5.97 Å². The van der Waals surface area contributed by atoms with E-state index in [9.17, 15) is 19.5 Å². The van der Waals surface area contributed by atoms with Crippen molar-refractivity contribution in [2.24, 2.45) is 17.3 Å². The zero-order valence-electron chi connectivity index (χ0n) is 15.0. The quantitative estimate of drug-likeness (QED) is 0.777. The molecule has 0 aromatic heterocycles. The Bertz CT molecular complexity index is 664. The first-order valence-electron chi connectivity index (χ1n) is 8.63. The summed E-state index contributed by atoms with van der Waals surface area (Å²) in [5, 5.41) is 14.9. The molecule has 0 heterocycles. The highest BCUT2D eigenvalue weighted by molar-refractivity contribution is 5.97.